The number of nitrogens with two attached hydrogens (primary N) is 1. The molecule has 0 saturated carbocycles. The van der Waals surface area contributed by atoms with Gasteiger partial charge in [0, 0.05) is 27.5 Å². The lowest BCUT2D eigenvalue weighted by Crippen LogP contribution is -2.33. The molecule has 5 heteroatoms. The predicted octanol–water partition coefficient (Wildman–Crippen LogP) is 3.41. The molecule has 0 aliphatic heterocycles. The van der Waals surface area contributed by atoms with Gasteiger partial charge in [-0.25, -0.2) is 0 Å². The van der Waals surface area contributed by atoms with Crippen LogP contribution >= 0.6 is 11.3 Å². The zero-order valence-corrected chi connectivity index (χ0v) is 13.2. The first-order chi connectivity index (χ1) is 9.47. The van der Waals surface area contributed by atoms with Crippen molar-refractivity contribution in [2.45, 2.75) is 46.6 Å². The zero-order valence-electron chi connectivity index (χ0n) is 12.4. The molecular weight excluding hydrogens is 270 g/mol. The summed E-state index contributed by atoms with van der Waals surface area (Å²) in [5, 5.41) is 3.95. The van der Waals surface area contributed by atoms with Crippen molar-refractivity contribution < 1.29 is 4.79 Å². The van der Waals surface area contributed by atoms with Crippen LogP contribution < -0.4 is 11.1 Å². The molecule has 0 atom stereocenters. The second kappa shape index (κ2) is 5.79. The van der Waals surface area contributed by atoms with Crippen LogP contribution in [0.4, 0.5) is 5.69 Å². The molecule has 2 heterocycles. The quantitative estimate of drug-likeness (QED) is 0.907. The third kappa shape index (κ3) is 2.63. The first-order valence-electron chi connectivity index (χ1n) is 6.94. The number of anilines is 1. The van der Waals surface area contributed by atoms with Gasteiger partial charge in [0.15, 0.2) is 0 Å². The highest BCUT2D eigenvalue weighted by Gasteiger charge is 2.20. The number of nitrogens with one attached hydrogen (secondary N) is 1. The number of thiophene rings is 1. The third-order valence-electron chi connectivity index (χ3n) is 3.55. The molecule has 1 amide bonds. The van der Waals surface area contributed by atoms with Gasteiger partial charge in [-0.15, -0.1) is 11.3 Å². The van der Waals surface area contributed by atoms with E-state index in [-0.39, 0.29) is 11.9 Å². The minimum absolute atomic E-state index is 0.0746. The lowest BCUT2D eigenvalue weighted by atomic mass is 10.1. The molecule has 0 bridgehead atoms. The Hall–Kier alpha value is -1.62. The van der Waals surface area contributed by atoms with E-state index in [1.807, 2.05) is 19.9 Å². The van der Waals surface area contributed by atoms with Crippen molar-refractivity contribution in [3.05, 3.63) is 22.3 Å². The Balaban J connectivity index is 2.43. The Morgan fingerprint density at radius 1 is 1.40 bits per heavy atom. The summed E-state index contributed by atoms with van der Waals surface area (Å²) in [6.07, 6.45) is 1.85. The van der Waals surface area contributed by atoms with Crippen LogP contribution in [0.2, 0.25) is 0 Å². The number of fused-ring (bicyclic) bond motifs is 1. The van der Waals surface area contributed by atoms with Crippen LogP contribution in [-0.4, -0.2) is 16.9 Å². The van der Waals surface area contributed by atoms with Crippen LogP contribution in [0, 0.1) is 13.8 Å². The van der Waals surface area contributed by atoms with Gasteiger partial charge in [-0.3, -0.25) is 9.78 Å². The molecule has 0 unspecified atom stereocenters. The number of amides is 1. The van der Waals surface area contributed by atoms with Gasteiger partial charge in [0.05, 0.1) is 5.69 Å². The lowest BCUT2D eigenvalue weighted by molar-refractivity contribution is 0.0940. The summed E-state index contributed by atoms with van der Waals surface area (Å²) in [6.45, 7) is 8.02. The number of carbonyl (C=O) groups excluding carboxylic acids is 1. The summed E-state index contributed by atoms with van der Waals surface area (Å²) in [5.74, 6) is -0.0746. The summed E-state index contributed by atoms with van der Waals surface area (Å²) in [6, 6.07) is 2.19. The van der Waals surface area contributed by atoms with Crippen molar-refractivity contribution in [2.75, 3.05) is 5.73 Å². The average Bonchev–Trinajstić information content (AvgIpc) is 2.73. The number of aryl methyl sites for hydroxylation is 2. The SMILES string of the molecule is CCC(CC)NC(=O)c1sc2cc(C)nc(C)c2c1N. The number of nitrogens with zero attached hydrogens (tertiary/aromatic N) is 1. The topological polar surface area (TPSA) is 68.0 Å². The highest BCUT2D eigenvalue weighted by atomic mass is 32.1. The summed E-state index contributed by atoms with van der Waals surface area (Å²) in [4.78, 5) is 17.4. The van der Waals surface area contributed by atoms with Gasteiger partial charge >= 0.3 is 0 Å². The molecule has 0 aliphatic carbocycles. The number of hydrogen-bond acceptors (Lipinski definition) is 4. The minimum Gasteiger partial charge on any atom is -0.397 e. The van der Waals surface area contributed by atoms with Gasteiger partial charge in [-0.05, 0) is 32.8 Å². The maximum absolute atomic E-state index is 12.4. The van der Waals surface area contributed by atoms with E-state index in [0.717, 1.165) is 34.3 Å². The molecule has 20 heavy (non-hydrogen) atoms. The van der Waals surface area contributed by atoms with E-state index >= 15 is 0 Å². The standard InChI is InChI=1S/C15H21N3OS/c1-5-10(6-2)18-15(19)14-13(16)12-9(4)17-8(3)7-11(12)20-14/h7,10H,5-6,16H2,1-4H3,(H,18,19). The molecule has 2 aromatic heterocycles. The first-order valence-corrected chi connectivity index (χ1v) is 7.76. The third-order valence-corrected chi connectivity index (χ3v) is 4.70. The van der Waals surface area contributed by atoms with Gasteiger partial charge < -0.3 is 11.1 Å². The number of nitrogen functional groups attached to an aromatic ring is 1. The fourth-order valence-corrected chi connectivity index (χ4v) is 3.56. The summed E-state index contributed by atoms with van der Waals surface area (Å²) >= 11 is 1.45. The van der Waals surface area contributed by atoms with E-state index in [9.17, 15) is 4.79 Å². The smallest absolute Gasteiger partial charge is 0.263 e. The Morgan fingerprint density at radius 3 is 2.65 bits per heavy atom. The van der Waals surface area contributed by atoms with Gasteiger partial charge in [0.2, 0.25) is 0 Å². The van der Waals surface area contributed by atoms with Crippen LogP contribution in [0.1, 0.15) is 47.7 Å². The van der Waals surface area contributed by atoms with Crippen LogP contribution in [0.3, 0.4) is 0 Å². The fourth-order valence-electron chi connectivity index (χ4n) is 2.39. The molecule has 0 saturated heterocycles. The molecule has 2 rings (SSSR count). The van der Waals surface area contributed by atoms with E-state index in [0.29, 0.717) is 10.6 Å². The monoisotopic (exact) mass is 291 g/mol. The second-order valence-electron chi connectivity index (χ2n) is 5.05. The highest BCUT2D eigenvalue weighted by molar-refractivity contribution is 7.21. The molecule has 0 fully saturated rings. The van der Waals surface area contributed by atoms with E-state index in [1.54, 1.807) is 0 Å². The average molecular weight is 291 g/mol. The van der Waals surface area contributed by atoms with E-state index in [2.05, 4.69) is 24.1 Å². The summed E-state index contributed by atoms with van der Waals surface area (Å²) in [7, 11) is 0. The Morgan fingerprint density at radius 2 is 2.05 bits per heavy atom. The Bertz CT molecular complexity index is 644. The minimum atomic E-state index is -0.0746. The van der Waals surface area contributed by atoms with E-state index in [4.69, 9.17) is 5.73 Å². The Kier molecular flexibility index (Phi) is 4.28. The molecular formula is C15H21N3OS. The second-order valence-corrected chi connectivity index (χ2v) is 6.11. The molecule has 108 valence electrons. The zero-order chi connectivity index (χ0) is 14.9. The lowest BCUT2D eigenvalue weighted by Gasteiger charge is -2.14. The van der Waals surface area contributed by atoms with Crippen LogP contribution in [0.5, 0.6) is 0 Å². The molecule has 4 nitrogen and oxygen atoms in total. The largest absolute Gasteiger partial charge is 0.397 e. The highest BCUT2D eigenvalue weighted by Crippen LogP contribution is 2.35. The van der Waals surface area contributed by atoms with Gasteiger partial charge in [0.1, 0.15) is 4.88 Å². The number of aromatic nitrogens is 1. The van der Waals surface area contributed by atoms with Crippen molar-refractivity contribution >= 4 is 33.0 Å². The number of carbonyl (C=O) groups is 1. The maximum atomic E-state index is 12.4. The number of pyridine rings is 1. The molecule has 3 N–H and O–H groups in total. The van der Waals surface area contributed by atoms with Crippen LogP contribution in [0.25, 0.3) is 10.1 Å². The summed E-state index contributed by atoms with van der Waals surface area (Å²) in [5.41, 5.74) is 8.55. The van der Waals surface area contributed by atoms with Crippen LogP contribution in [-0.2, 0) is 0 Å². The van der Waals surface area contributed by atoms with Crippen molar-refractivity contribution in [3.63, 3.8) is 0 Å². The van der Waals surface area contributed by atoms with Gasteiger partial charge in [0.25, 0.3) is 5.91 Å². The molecule has 0 aromatic carbocycles. The molecule has 0 spiro atoms. The molecule has 0 radical (unpaired) electrons. The van der Waals surface area contributed by atoms with Crippen LogP contribution in [0.15, 0.2) is 6.07 Å². The number of hydrogen-bond donors (Lipinski definition) is 2. The molecule has 2 aromatic rings. The normalized spacial score (nSPS) is 11.2. The summed E-state index contributed by atoms with van der Waals surface area (Å²) < 4.78 is 1.03. The maximum Gasteiger partial charge on any atom is 0.263 e. The van der Waals surface area contributed by atoms with E-state index < -0.39 is 0 Å². The van der Waals surface area contributed by atoms with Crippen molar-refractivity contribution in [2.24, 2.45) is 0 Å². The van der Waals surface area contributed by atoms with Crippen molar-refractivity contribution in [1.29, 1.82) is 0 Å². The molecule has 0 aliphatic rings. The fraction of sp³-hybridized carbons (Fsp3) is 0.467. The first kappa shape index (κ1) is 14.8. The van der Waals surface area contributed by atoms with E-state index in [1.165, 1.54) is 11.3 Å². The Labute approximate surface area is 123 Å². The van der Waals surface area contributed by atoms with Crippen molar-refractivity contribution in [3.8, 4) is 0 Å². The van der Waals surface area contributed by atoms with Gasteiger partial charge in [-0.2, -0.15) is 0 Å². The predicted molar refractivity (Wildman–Crippen MR) is 85.3 cm³/mol. The number of rotatable bonds is 4. The van der Waals surface area contributed by atoms with Crippen molar-refractivity contribution in [1.82, 2.24) is 10.3 Å². The van der Waals surface area contributed by atoms with Gasteiger partial charge in [-0.1, -0.05) is 13.8 Å².